The van der Waals surface area contributed by atoms with E-state index in [-0.39, 0.29) is 6.61 Å². The standard InChI is InChI=1S/C16H19ClN4O2/c17-14-2-1-12(11-22)7-15(14)18-8-13-9-19-16(20-10-13)21-3-5-23-6-4-21/h1-2,7,9-10,18,22H,3-6,8,11H2. The minimum atomic E-state index is -0.0107. The lowest BCUT2D eigenvalue weighted by atomic mass is 10.2. The number of ether oxygens (including phenoxy) is 1. The van der Waals surface area contributed by atoms with Crippen LogP contribution in [0.3, 0.4) is 0 Å². The molecule has 0 bridgehead atoms. The second-order valence-electron chi connectivity index (χ2n) is 5.32. The van der Waals surface area contributed by atoms with E-state index in [1.165, 1.54) is 0 Å². The fraction of sp³-hybridized carbons (Fsp3) is 0.375. The third-order valence-corrected chi connectivity index (χ3v) is 4.01. The maximum absolute atomic E-state index is 9.19. The van der Waals surface area contributed by atoms with Gasteiger partial charge in [-0.3, -0.25) is 0 Å². The van der Waals surface area contributed by atoms with Gasteiger partial charge in [-0.1, -0.05) is 17.7 Å². The van der Waals surface area contributed by atoms with Gasteiger partial charge >= 0.3 is 0 Å². The van der Waals surface area contributed by atoms with Crippen LogP contribution in [0.1, 0.15) is 11.1 Å². The summed E-state index contributed by atoms with van der Waals surface area (Å²) in [6.07, 6.45) is 3.63. The molecule has 0 unspecified atom stereocenters. The number of aromatic nitrogens is 2. The Kier molecular flexibility index (Phi) is 5.27. The molecule has 0 amide bonds. The average molecular weight is 335 g/mol. The normalized spacial score (nSPS) is 14.8. The van der Waals surface area contributed by atoms with E-state index in [0.717, 1.165) is 35.9 Å². The second-order valence-corrected chi connectivity index (χ2v) is 5.72. The van der Waals surface area contributed by atoms with Gasteiger partial charge in [-0.15, -0.1) is 0 Å². The van der Waals surface area contributed by atoms with Crippen molar-refractivity contribution in [1.29, 1.82) is 0 Å². The Morgan fingerprint density at radius 1 is 1.17 bits per heavy atom. The Balaban J connectivity index is 1.62. The van der Waals surface area contributed by atoms with Gasteiger partial charge < -0.3 is 20.1 Å². The second kappa shape index (κ2) is 7.59. The van der Waals surface area contributed by atoms with Crippen molar-refractivity contribution in [3.63, 3.8) is 0 Å². The van der Waals surface area contributed by atoms with Crippen LogP contribution < -0.4 is 10.2 Å². The molecule has 2 heterocycles. The number of nitrogens with zero attached hydrogens (tertiary/aromatic N) is 3. The van der Waals surface area contributed by atoms with Crippen LogP contribution in [-0.2, 0) is 17.9 Å². The Morgan fingerprint density at radius 2 is 1.91 bits per heavy atom. The topological polar surface area (TPSA) is 70.5 Å². The number of halogens is 1. The fourth-order valence-corrected chi connectivity index (χ4v) is 2.55. The van der Waals surface area contributed by atoms with Crippen LogP contribution in [0.25, 0.3) is 0 Å². The Hall–Kier alpha value is -1.89. The van der Waals surface area contributed by atoms with Crippen LogP contribution in [0.4, 0.5) is 11.6 Å². The van der Waals surface area contributed by atoms with Crippen molar-refractivity contribution < 1.29 is 9.84 Å². The minimum absolute atomic E-state index is 0.0107. The molecule has 2 aromatic rings. The number of anilines is 2. The van der Waals surface area contributed by atoms with Crippen LogP contribution in [0.2, 0.25) is 5.02 Å². The lowest BCUT2D eigenvalue weighted by molar-refractivity contribution is 0.122. The molecule has 1 fully saturated rings. The summed E-state index contributed by atoms with van der Waals surface area (Å²) in [5, 5.41) is 13.1. The molecule has 0 atom stereocenters. The zero-order valence-corrected chi connectivity index (χ0v) is 13.5. The van der Waals surface area contributed by atoms with Crippen LogP contribution in [0.5, 0.6) is 0 Å². The zero-order valence-electron chi connectivity index (χ0n) is 12.7. The van der Waals surface area contributed by atoms with Crippen LogP contribution >= 0.6 is 11.6 Å². The Labute approximate surface area is 140 Å². The van der Waals surface area contributed by atoms with Crippen molar-refractivity contribution >= 4 is 23.2 Å². The highest BCUT2D eigenvalue weighted by atomic mass is 35.5. The van der Waals surface area contributed by atoms with E-state index in [1.807, 2.05) is 18.5 Å². The maximum Gasteiger partial charge on any atom is 0.225 e. The summed E-state index contributed by atoms with van der Waals surface area (Å²) >= 11 is 6.15. The van der Waals surface area contributed by atoms with Crippen molar-refractivity contribution in [2.24, 2.45) is 0 Å². The van der Waals surface area contributed by atoms with Crippen LogP contribution in [-0.4, -0.2) is 41.4 Å². The monoisotopic (exact) mass is 334 g/mol. The molecule has 0 spiro atoms. The molecule has 0 radical (unpaired) electrons. The molecular formula is C16H19ClN4O2. The van der Waals surface area contributed by atoms with E-state index in [2.05, 4.69) is 20.2 Å². The molecule has 1 aliphatic heterocycles. The zero-order chi connectivity index (χ0) is 16.1. The third-order valence-electron chi connectivity index (χ3n) is 3.68. The molecule has 1 aliphatic rings. The van der Waals surface area contributed by atoms with Gasteiger partial charge in [0.25, 0.3) is 0 Å². The molecule has 1 aromatic carbocycles. The highest BCUT2D eigenvalue weighted by Crippen LogP contribution is 2.23. The van der Waals surface area contributed by atoms with E-state index < -0.39 is 0 Å². The van der Waals surface area contributed by atoms with Gasteiger partial charge in [0.2, 0.25) is 5.95 Å². The predicted molar refractivity (Wildman–Crippen MR) is 89.8 cm³/mol. The Morgan fingerprint density at radius 3 is 2.61 bits per heavy atom. The van der Waals surface area contributed by atoms with Gasteiger partial charge in [0, 0.05) is 37.6 Å². The fourth-order valence-electron chi connectivity index (χ4n) is 2.37. The third kappa shape index (κ3) is 4.10. The molecule has 1 saturated heterocycles. The van der Waals surface area contributed by atoms with Crippen molar-refractivity contribution in [3.05, 3.63) is 46.7 Å². The van der Waals surface area contributed by atoms with Gasteiger partial charge in [-0.2, -0.15) is 0 Å². The van der Waals surface area contributed by atoms with Gasteiger partial charge in [-0.25, -0.2) is 9.97 Å². The van der Waals surface area contributed by atoms with E-state index in [4.69, 9.17) is 16.3 Å². The smallest absolute Gasteiger partial charge is 0.225 e. The minimum Gasteiger partial charge on any atom is -0.392 e. The van der Waals surface area contributed by atoms with Crippen molar-refractivity contribution in [2.75, 3.05) is 36.5 Å². The van der Waals surface area contributed by atoms with E-state index >= 15 is 0 Å². The number of hydrogen-bond acceptors (Lipinski definition) is 6. The summed E-state index contributed by atoms with van der Waals surface area (Å²) in [5.41, 5.74) is 2.57. The molecule has 3 rings (SSSR count). The lowest BCUT2D eigenvalue weighted by Crippen LogP contribution is -2.37. The average Bonchev–Trinajstić information content (AvgIpc) is 2.62. The number of aliphatic hydroxyl groups is 1. The molecule has 122 valence electrons. The van der Waals surface area contributed by atoms with Gasteiger partial charge in [0.1, 0.15) is 0 Å². The molecule has 2 N–H and O–H groups in total. The number of morpholine rings is 1. The van der Waals surface area contributed by atoms with E-state index in [1.54, 1.807) is 12.1 Å². The molecule has 6 nitrogen and oxygen atoms in total. The molecule has 23 heavy (non-hydrogen) atoms. The highest BCUT2D eigenvalue weighted by molar-refractivity contribution is 6.33. The molecule has 7 heteroatoms. The number of nitrogens with one attached hydrogen (secondary N) is 1. The lowest BCUT2D eigenvalue weighted by Gasteiger charge is -2.26. The first kappa shape index (κ1) is 16.0. The molecule has 0 saturated carbocycles. The van der Waals surface area contributed by atoms with E-state index in [0.29, 0.717) is 24.8 Å². The summed E-state index contributed by atoms with van der Waals surface area (Å²) in [5.74, 6) is 0.734. The largest absolute Gasteiger partial charge is 0.392 e. The quantitative estimate of drug-likeness (QED) is 0.872. The first-order valence-electron chi connectivity index (χ1n) is 7.53. The number of benzene rings is 1. The van der Waals surface area contributed by atoms with Crippen molar-refractivity contribution in [1.82, 2.24) is 9.97 Å². The van der Waals surface area contributed by atoms with Gasteiger partial charge in [-0.05, 0) is 17.7 Å². The summed E-state index contributed by atoms with van der Waals surface area (Å²) < 4.78 is 5.33. The number of rotatable bonds is 5. The summed E-state index contributed by atoms with van der Waals surface area (Å²) in [4.78, 5) is 10.9. The number of hydrogen-bond donors (Lipinski definition) is 2. The van der Waals surface area contributed by atoms with E-state index in [9.17, 15) is 5.11 Å². The summed E-state index contributed by atoms with van der Waals surface area (Å²) in [6, 6.07) is 5.41. The Bertz CT molecular complexity index is 645. The first-order valence-corrected chi connectivity index (χ1v) is 7.91. The predicted octanol–water partition coefficient (Wildman–Crippen LogP) is 2.07. The van der Waals surface area contributed by atoms with Crippen molar-refractivity contribution in [3.8, 4) is 0 Å². The number of aliphatic hydroxyl groups excluding tert-OH is 1. The van der Waals surface area contributed by atoms with Crippen LogP contribution in [0.15, 0.2) is 30.6 Å². The van der Waals surface area contributed by atoms with Gasteiger partial charge in [0.05, 0.1) is 30.5 Å². The first-order chi connectivity index (χ1) is 11.3. The molecular weight excluding hydrogens is 316 g/mol. The summed E-state index contributed by atoms with van der Waals surface area (Å²) in [7, 11) is 0. The SMILES string of the molecule is OCc1ccc(Cl)c(NCc2cnc(N3CCOCC3)nc2)c1. The van der Waals surface area contributed by atoms with Crippen LogP contribution in [0, 0.1) is 0 Å². The molecule has 1 aromatic heterocycles. The highest BCUT2D eigenvalue weighted by Gasteiger charge is 2.13. The maximum atomic E-state index is 9.19. The van der Waals surface area contributed by atoms with Crippen molar-refractivity contribution in [2.45, 2.75) is 13.2 Å². The summed E-state index contributed by atoms with van der Waals surface area (Å²) in [6.45, 7) is 3.63. The van der Waals surface area contributed by atoms with Gasteiger partial charge in [0.15, 0.2) is 0 Å². The molecule has 0 aliphatic carbocycles.